The van der Waals surface area contributed by atoms with Gasteiger partial charge in [-0.2, -0.15) is 0 Å². The van der Waals surface area contributed by atoms with Gasteiger partial charge in [0.25, 0.3) is 5.56 Å². The monoisotopic (exact) mass is 243 g/mol. The third-order valence-corrected chi connectivity index (χ3v) is 3.14. The molecule has 1 heterocycles. The summed E-state index contributed by atoms with van der Waals surface area (Å²) in [5.74, 6) is 0.116. The van der Waals surface area contributed by atoms with E-state index in [-0.39, 0.29) is 11.3 Å². The van der Waals surface area contributed by atoms with Gasteiger partial charge in [-0.05, 0) is 37.8 Å². The molecule has 3 heteroatoms. The molecule has 1 aromatic heterocycles. The molecule has 94 valence electrons. The topological polar surface area (TPSA) is 39.1 Å². The molecule has 0 fully saturated rings. The van der Waals surface area contributed by atoms with Gasteiger partial charge in [0.1, 0.15) is 5.78 Å². The molecule has 0 aliphatic rings. The number of fused-ring (bicyclic) bond motifs is 1. The average Bonchev–Trinajstić information content (AvgIpc) is 2.36. The number of hydrogen-bond acceptors (Lipinski definition) is 2. The molecule has 0 atom stereocenters. The number of Topliss-reactive ketones (excluding diaryl/α,β-unsaturated/α-hetero) is 1. The van der Waals surface area contributed by atoms with Gasteiger partial charge in [0.2, 0.25) is 0 Å². The minimum Gasteiger partial charge on any atom is -0.308 e. The third kappa shape index (κ3) is 2.35. The predicted octanol–water partition coefficient (Wildman–Crippen LogP) is 2.54. The predicted molar refractivity (Wildman–Crippen MR) is 72.9 cm³/mol. The summed E-state index contributed by atoms with van der Waals surface area (Å²) in [5, 5.41) is 1.05. The molecule has 0 aliphatic carbocycles. The van der Waals surface area contributed by atoms with Crippen molar-refractivity contribution in [1.82, 2.24) is 4.57 Å². The first-order valence-corrected chi connectivity index (χ1v) is 6.24. The fourth-order valence-corrected chi connectivity index (χ4v) is 2.19. The van der Waals surface area contributed by atoms with Crippen LogP contribution in [0.25, 0.3) is 10.9 Å². The number of para-hydroxylation sites is 1. The molecule has 2 rings (SSSR count). The van der Waals surface area contributed by atoms with E-state index in [1.165, 1.54) is 0 Å². The molecule has 0 unspecified atom stereocenters. The van der Waals surface area contributed by atoms with Crippen molar-refractivity contribution >= 4 is 16.7 Å². The van der Waals surface area contributed by atoms with Crippen LogP contribution in [0.15, 0.2) is 35.1 Å². The van der Waals surface area contributed by atoms with Gasteiger partial charge in [-0.1, -0.05) is 18.2 Å². The molecule has 0 spiro atoms. The Bertz CT molecular complexity index is 640. The molecule has 0 bridgehead atoms. The molecular weight excluding hydrogens is 226 g/mol. The van der Waals surface area contributed by atoms with Crippen LogP contribution in [0.3, 0.4) is 0 Å². The number of hydrogen-bond donors (Lipinski definition) is 0. The van der Waals surface area contributed by atoms with E-state index < -0.39 is 0 Å². The fraction of sp³-hybridized carbons (Fsp3) is 0.333. The number of ketones is 1. The van der Waals surface area contributed by atoms with Crippen LogP contribution in [0.2, 0.25) is 0 Å². The maximum atomic E-state index is 12.3. The summed E-state index contributed by atoms with van der Waals surface area (Å²) in [4.78, 5) is 23.3. The lowest BCUT2D eigenvalue weighted by molar-refractivity contribution is -0.116. The van der Waals surface area contributed by atoms with Crippen LogP contribution in [-0.4, -0.2) is 10.4 Å². The van der Waals surface area contributed by atoms with Crippen molar-refractivity contribution in [3.63, 3.8) is 0 Å². The highest BCUT2D eigenvalue weighted by Gasteiger charge is 2.08. The molecule has 0 amide bonds. The molecule has 0 N–H and O–H groups in total. The Hall–Kier alpha value is -1.90. The maximum absolute atomic E-state index is 12.3. The second-order valence-corrected chi connectivity index (χ2v) is 4.48. The molecule has 0 saturated carbocycles. The van der Waals surface area contributed by atoms with Crippen molar-refractivity contribution in [1.29, 1.82) is 0 Å². The molecule has 0 radical (unpaired) electrons. The third-order valence-electron chi connectivity index (χ3n) is 3.14. The van der Waals surface area contributed by atoms with Gasteiger partial charge in [-0.3, -0.25) is 4.79 Å². The van der Waals surface area contributed by atoms with E-state index in [0.29, 0.717) is 19.4 Å². The number of nitrogens with zero attached hydrogens (tertiary/aromatic N) is 1. The Balaban J connectivity index is 2.58. The lowest BCUT2D eigenvalue weighted by atomic mass is 10.1. The maximum Gasteiger partial charge on any atom is 0.254 e. The summed E-state index contributed by atoms with van der Waals surface area (Å²) >= 11 is 0. The van der Waals surface area contributed by atoms with Gasteiger partial charge in [0.15, 0.2) is 0 Å². The zero-order chi connectivity index (χ0) is 13.1. The normalized spacial score (nSPS) is 10.8. The zero-order valence-corrected chi connectivity index (χ0v) is 10.8. The number of pyridine rings is 1. The lowest BCUT2D eigenvalue weighted by Gasteiger charge is -2.10. The summed E-state index contributed by atoms with van der Waals surface area (Å²) in [5.41, 5.74) is 1.71. The van der Waals surface area contributed by atoms with E-state index >= 15 is 0 Å². The summed E-state index contributed by atoms with van der Waals surface area (Å²) in [7, 11) is 0. The standard InChI is InChI=1S/C15H17NO2/c1-3-16-14-7-5-4-6-12(14)10-13(15(16)18)9-8-11(2)17/h4-7,10H,3,8-9H2,1-2H3. The van der Waals surface area contributed by atoms with Crippen LogP contribution in [0, 0.1) is 0 Å². The first-order chi connectivity index (χ1) is 8.63. The zero-order valence-electron chi connectivity index (χ0n) is 10.8. The first-order valence-electron chi connectivity index (χ1n) is 6.24. The van der Waals surface area contributed by atoms with Gasteiger partial charge in [-0.15, -0.1) is 0 Å². The van der Waals surface area contributed by atoms with E-state index in [0.717, 1.165) is 16.5 Å². The smallest absolute Gasteiger partial charge is 0.254 e. The van der Waals surface area contributed by atoms with E-state index in [4.69, 9.17) is 0 Å². The first kappa shape index (κ1) is 12.6. The van der Waals surface area contributed by atoms with Crippen molar-refractivity contribution in [3.05, 3.63) is 46.2 Å². The quantitative estimate of drug-likeness (QED) is 0.827. The van der Waals surface area contributed by atoms with Crippen molar-refractivity contribution in [3.8, 4) is 0 Å². The van der Waals surface area contributed by atoms with Crippen LogP contribution < -0.4 is 5.56 Å². The Morgan fingerprint density at radius 1 is 1.28 bits per heavy atom. The summed E-state index contributed by atoms with van der Waals surface area (Å²) in [6, 6.07) is 9.75. The Kier molecular flexibility index (Phi) is 3.60. The van der Waals surface area contributed by atoms with E-state index in [1.54, 1.807) is 11.5 Å². The summed E-state index contributed by atoms with van der Waals surface area (Å²) < 4.78 is 1.77. The van der Waals surface area contributed by atoms with Crippen molar-refractivity contribution in [2.75, 3.05) is 0 Å². The molecule has 0 saturated heterocycles. The lowest BCUT2D eigenvalue weighted by Crippen LogP contribution is -2.23. The molecule has 18 heavy (non-hydrogen) atoms. The van der Waals surface area contributed by atoms with E-state index in [2.05, 4.69) is 0 Å². The highest BCUT2D eigenvalue weighted by Crippen LogP contribution is 2.14. The van der Waals surface area contributed by atoms with Crippen LogP contribution in [0.1, 0.15) is 25.8 Å². The Morgan fingerprint density at radius 2 is 2.00 bits per heavy atom. The number of rotatable bonds is 4. The summed E-state index contributed by atoms with van der Waals surface area (Å²) in [6.07, 6.45) is 0.955. The van der Waals surface area contributed by atoms with Gasteiger partial charge in [-0.25, -0.2) is 0 Å². The highest BCUT2D eigenvalue weighted by molar-refractivity contribution is 5.80. The molecule has 0 aliphatic heterocycles. The second kappa shape index (κ2) is 5.17. The van der Waals surface area contributed by atoms with E-state index in [9.17, 15) is 9.59 Å². The van der Waals surface area contributed by atoms with Crippen LogP contribution in [0.5, 0.6) is 0 Å². The number of aromatic nitrogens is 1. The molecule has 2 aromatic rings. The van der Waals surface area contributed by atoms with Gasteiger partial charge < -0.3 is 9.36 Å². The highest BCUT2D eigenvalue weighted by atomic mass is 16.1. The molecule has 1 aromatic carbocycles. The number of benzene rings is 1. The van der Waals surface area contributed by atoms with Crippen LogP contribution >= 0.6 is 0 Å². The van der Waals surface area contributed by atoms with Crippen molar-refractivity contribution in [2.24, 2.45) is 0 Å². The van der Waals surface area contributed by atoms with Crippen molar-refractivity contribution in [2.45, 2.75) is 33.2 Å². The Morgan fingerprint density at radius 3 is 2.67 bits per heavy atom. The van der Waals surface area contributed by atoms with E-state index in [1.807, 2.05) is 37.3 Å². The fourth-order valence-electron chi connectivity index (χ4n) is 2.19. The number of carbonyl (C=O) groups excluding carboxylic acids is 1. The van der Waals surface area contributed by atoms with Gasteiger partial charge in [0, 0.05) is 18.5 Å². The second-order valence-electron chi connectivity index (χ2n) is 4.48. The minimum absolute atomic E-state index is 0.0254. The largest absolute Gasteiger partial charge is 0.308 e. The summed E-state index contributed by atoms with van der Waals surface area (Å²) in [6.45, 7) is 4.16. The average molecular weight is 243 g/mol. The molecule has 3 nitrogen and oxygen atoms in total. The molecular formula is C15H17NO2. The minimum atomic E-state index is 0.0254. The number of carbonyl (C=O) groups is 1. The van der Waals surface area contributed by atoms with Gasteiger partial charge >= 0.3 is 0 Å². The van der Waals surface area contributed by atoms with Crippen LogP contribution in [0.4, 0.5) is 0 Å². The van der Waals surface area contributed by atoms with Crippen LogP contribution in [-0.2, 0) is 17.8 Å². The number of aryl methyl sites for hydroxylation is 2. The van der Waals surface area contributed by atoms with Crippen molar-refractivity contribution < 1.29 is 4.79 Å². The Labute approximate surface area is 106 Å². The van der Waals surface area contributed by atoms with Gasteiger partial charge in [0.05, 0.1) is 5.52 Å². The SMILES string of the molecule is CCn1c(=O)c(CCC(C)=O)cc2ccccc21.